The summed E-state index contributed by atoms with van der Waals surface area (Å²) in [7, 11) is 0. The molecule has 0 unspecified atom stereocenters. The number of aromatic amines is 1. The van der Waals surface area contributed by atoms with Crippen LogP contribution in [0.15, 0.2) is 30.5 Å². The Bertz CT molecular complexity index is 713. The SMILES string of the molecule is CCNC(=O)[C@@H]1CCCN(C(=O)c2cc(-c3ccccn3)n[nH]2)C1. The van der Waals surface area contributed by atoms with E-state index in [2.05, 4.69) is 20.5 Å². The Morgan fingerprint density at radius 2 is 2.25 bits per heavy atom. The topological polar surface area (TPSA) is 91.0 Å². The van der Waals surface area contributed by atoms with E-state index >= 15 is 0 Å². The molecule has 7 nitrogen and oxygen atoms in total. The number of likely N-dealkylation sites (tertiary alicyclic amines) is 1. The van der Waals surface area contributed by atoms with Crippen LogP contribution in [0.2, 0.25) is 0 Å². The van der Waals surface area contributed by atoms with Crippen molar-refractivity contribution in [3.63, 3.8) is 0 Å². The van der Waals surface area contributed by atoms with Crippen LogP contribution < -0.4 is 5.32 Å². The molecule has 1 aliphatic heterocycles. The average molecular weight is 327 g/mol. The molecule has 0 spiro atoms. The van der Waals surface area contributed by atoms with Crippen molar-refractivity contribution in [2.24, 2.45) is 5.92 Å². The Morgan fingerprint density at radius 3 is 3.00 bits per heavy atom. The molecule has 0 radical (unpaired) electrons. The van der Waals surface area contributed by atoms with Crippen molar-refractivity contribution < 1.29 is 9.59 Å². The molecular weight excluding hydrogens is 306 g/mol. The molecule has 1 atom stereocenters. The summed E-state index contributed by atoms with van der Waals surface area (Å²) in [6, 6.07) is 7.26. The van der Waals surface area contributed by atoms with Gasteiger partial charge >= 0.3 is 0 Å². The van der Waals surface area contributed by atoms with Crippen LogP contribution in [0, 0.1) is 5.92 Å². The number of amides is 2. The number of aromatic nitrogens is 3. The number of pyridine rings is 1. The van der Waals surface area contributed by atoms with Gasteiger partial charge in [0.25, 0.3) is 5.91 Å². The minimum atomic E-state index is -0.138. The van der Waals surface area contributed by atoms with E-state index in [0.29, 0.717) is 36.7 Å². The van der Waals surface area contributed by atoms with E-state index in [-0.39, 0.29) is 17.7 Å². The van der Waals surface area contributed by atoms with Crippen molar-refractivity contribution in [1.29, 1.82) is 0 Å². The fourth-order valence-corrected chi connectivity index (χ4v) is 2.94. The van der Waals surface area contributed by atoms with E-state index in [1.165, 1.54) is 0 Å². The Morgan fingerprint density at radius 1 is 1.38 bits per heavy atom. The fraction of sp³-hybridized carbons (Fsp3) is 0.412. The summed E-state index contributed by atoms with van der Waals surface area (Å²) in [5, 5.41) is 9.80. The van der Waals surface area contributed by atoms with Gasteiger partial charge in [0.15, 0.2) is 0 Å². The van der Waals surface area contributed by atoms with Gasteiger partial charge in [-0.05, 0) is 38.0 Å². The van der Waals surface area contributed by atoms with Crippen LogP contribution in [0.1, 0.15) is 30.3 Å². The average Bonchev–Trinajstić information content (AvgIpc) is 3.12. The van der Waals surface area contributed by atoms with Gasteiger partial charge in [0, 0.05) is 25.8 Å². The molecule has 3 heterocycles. The van der Waals surface area contributed by atoms with Crippen LogP contribution in [-0.2, 0) is 4.79 Å². The van der Waals surface area contributed by atoms with Gasteiger partial charge < -0.3 is 10.2 Å². The van der Waals surface area contributed by atoms with E-state index in [1.807, 2.05) is 25.1 Å². The Kier molecular flexibility index (Phi) is 4.88. The number of H-pyrrole nitrogens is 1. The van der Waals surface area contributed by atoms with Crippen molar-refractivity contribution >= 4 is 11.8 Å². The third kappa shape index (κ3) is 3.45. The molecule has 0 saturated carbocycles. The number of piperidine rings is 1. The summed E-state index contributed by atoms with van der Waals surface area (Å²) in [6.45, 7) is 3.61. The summed E-state index contributed by atoms with van der Waals surface area (Å²) in [6.07, 6.45) is 3.33. The normalized spacial score (nSPS) is 17.5. The van der Waals surface area contributed by atoms with E-state index in [1.54, 1.807) is 17.2 Å². The van der Waals surface area contributed by atoms with Crippen molar-refractivity contribution in [2.45, 2.75) is 19.8 Å². The number of nitrogens with one attached hydrogen (secondary N) is 2. The van der Waals surface area contributed by atoms with Crippen LogP contribution in [0.5, 0.6) is 0 Å². The lowest BCUT2D eigenvalue weighted by atomic mass is 9.97. The van der Waals surface area contributed by atoms with Crippen LogP contribution in [0.4, 0.5) is 0 Å². The van der Waals surface area contributed by atoms with Gasteiger partial charge in [-0.2, -0.15) is 5.10 Å². The second kappa shape index (κ2) is 7.25. The highest BCUT2D eigenvalue weighted by Gasteiger charge is 2.29. The van der Waals surface area contributed by atoms with Gasteiger partial charge in [0.1, 0.15) is 11.4 Å². The molecule has 126 valence electrons. The predicted octanol–water partition coefficient (Wildman–Crippen LogP) is 1.46. The predicted molar refractivity (Wildman–Crippen MR) is 89.1 cm³/mol. The molecular formula is C17H21N5O2. The fourth-order valence-electron chi connectivity index (χ4n) is 2.94. The second-order valence-corrected chi connectivity index (χ2v) is 5.87. The third-order valence-electron chi connectivity index (χ3n) is 4.17. The molecule has 1 fully saturated rings. The van der Waals surface area contributed by atoms with E-state index in [4.69, 9.17) is 0 Å². The molecule has 1 aliphatic rings. The minimum Gasteiger partial charge on any atom is -0.356 e. The highest BCUT2D eigenvalue weighted by Crippen LogP contribution is 2.20. The number of carbonyl (C=O) groups is 2. The van der Waals surface area contributed by atoms with E-state index < -0.39 is 0 Å². The number of nitrogens with zero attached hydrogens (tertiary/aromatic N) is 3. The lowest BCUT2D eigenvalue weighted by Crippen LogP contribution is -2.45. The highest BCUT2D eigenvalue weighted by molar-refractivity contribution is 5.93. The third-order valence-corrected chi connectivity index (χ3v) is 4.17. The lowest BCUT2D eigenvalue weighted by molar-refractivity contribution is -0.126. The molecule has 1 saturated heterocycles. The Hall–Kier alpha value is -2.70. The van der Waals surface area contributed by atoms with Gasteiger partial charge in [-0.15, -0.1) is 0 Å². The summed E-state index contributed by atoms with van der Waals surface area (Å²) in [5.74, 6) is -0.242. The van der Waals surface area contributed by atoms with Crippen molar-refractivity contribution in [1.82, 2.24) is 25.4 Å². The van der Waals surface area contributed by atoms with Crippen molar-refractivity contribution in [3.05, 3.63) is 36.2 Å². The van der Waals surface area contributed by atoms with Gasteiger partial charge in [0.05, 0.1) is 11.6 Å². The largest absolute Gasteiger partial charge is 0.356 e. The van der Waals surface area contributed by atoms with Crippen LogP contribution in [-0.4, -0.2) is 51.5 Å². The monoisotopic (exact) mass is 327 g/mol. The zero-order valence-electron chi connectivity index (χ0n) is 13.7. The minimum absolute atomic E-state index is 0.0220. The zero-order valence-corrected chi connectivity index (χ0v) is 13.7. The summed E-state index contributed by atoms with van der Waals surface area (Å²) in [5.41, 5.74) is 1.77. The molecule has 24 heavy (non-hydrogen) atoms. The molecule has 2 aromatic rings. The summed E-state index contributed by atoms with van der Waals surface area (Å²) in [4.78, 5) is 30.6. The Labute approximate surface area is 140 Å². The number of carbonyl (C=O) groups excluding carboxylic acids is 2. The highest BCUT2D eigenvalue weighted by atomic mass is 16.2. The molecule has 3 rings (SSSR count). The number of hydrogen-bond acceptors (Lipinski definition) is 4. The van der Waals surface area contributed by atoms with Crippen molar-refractivity contribution in [3.8, 4) is 11.4 Å². The maximum absolute atomic E-state index is 12.7. The quantitative estimate of drug-likeness (QED) is 0.889. The number of rotatable bonds is 4. The first-order valence-corrected chi connectivity index (χ1v) is 8.23. The lowest BCUT2D eigenvalue weighted by Gasteiger charge is -2.31. The van der Waals surface area contributed by atoms with Crippen molar-refractivity contribution in [2.75, 3.05) is 19.6 Å². The Balaban J connectivity index is 1.70. The summed E-state index contributed by atoms with van der Waals surface area (Å²) >= 11 is 0. The molecule has 2 N–H and O–H groups in total. The number of hydrogen-bond donors (Lipinski definition) is 2. The van der Waals surface area contributed by atoms with Gasteiger partial charge in [-0.3, -0.25) is 19.7 Å². The second-order valence-electron chi connectivity index (χ2n) is 5.87. The van der Waals surface area contributed by atoms with E-state index in [0.717, 1.165) is 12.8 Å². The molecule has 0 aliphatic carbocycles. The molecule has 7 heteroatoms. The standard InChI is InChI=1S/C17H21N5O2/c1-2-18-16(23)12-6-5-9-22(11-12)17(24)15-10-14(20-21-15)13-7-3-4-8-19-13/h3-4,7-8,10,12H,2,5-6,9,11H2,1H3,(H,18,23)(H,20,21)/t12-/m1/s1. The molecule has 0 aromatic carbocycles. The first-order valence-electron chi connectivity index (χ1n) is 8.23. The maximum Gasteiger partial charge on any atom is 0.271 e. The van der Waals surface area contributed by atoms with Crippen LogP contribution in [0.25, 0.3) is 11.4 Å². The summed E-state index contributed by atoms with van der Waals surface area (Å²) < 4.78 is 0. The van der Waals surface area contributed by atoms with Gasteiger partial charge in [0.2, 0.25) is 5.91 Å². The first-order chi connectivity index (χ1) is 11.7. The molecule has 2 aromatic heterocycles. The molecule has 0 bridgehead atoms. The van der Waals surface area contributed by atoms with Gasteiger partial charge in [-0.25, -0.2) is 0 Å². The van der Waals surface area contributed by atoms with Crippen LogP contribution in [0.3, 0.4) is 0 Å². The smallest absolute Gasteiger partial charge is 0.271 e. The first kappa shape index (κ1) is 16.2. The maximum atomic E-state index is 12.7. The zero-order chi connectivity index (χ0) is 16.9. The van der Waals surface area contributed by atoms with Gasteiger partial charge in [-0.1, -0.05) is 6.07 Å². The molecule has 2 amide bonds. The van der Waals surface area contributed by atoms with E-state index in [9.17, 15) is 9.59 Å². The van der Waals surface area contributed by atoms with Crippen LogP contribution >= 0.6 is 0 Å².